The number of amides is 1. The second-order valence-corrected chi connectivity index (χ2v) is 4.30. The second-order valence-electron chi connectivity index (χ2n) is 3.94. The molecular weight excluding hydrogens is 349 g/mol. The minimum atomic E-state index is -0.828. The number of aliphatic imine (C=N–C) groups is 1. The summed E-state index contributed by atoms with van der Waals surface area (Å²) in [6, 6.07) is 0. The Morgan fingerprint density at radius 3 is 2.70 bits per heavy atom. The Morgan fingerprint density at radius 1 is 1.35 bits per heavy atom. The summed E-state index contributed by atoms with van der Waals surface area (Å²) in [4.78, 5) is 22.8. The van der Waals surface area contributed by atoms with E-state index in [2.05, 4.69) is 40.9 Å². The van der Waals surface area contributed by atoms with E-state index in [1.165, 1.54) is 0 Å². The van der Waals surface area contributed by atoms with E-state index in [1.807, 2.05) is 0 Å². The Labute approximate surface area is 140 Å². The molecular formula is C9H13Cl2N11O. The summed E-state index contributed by atoms with van der Waals surface area (Å²) in [5.74, 6) is -0.663. The van der Waals surface area contributed by atoms with Gasteiger partial charge in [-0.3, -0.25) is 4.79 Å². The van der Waals surface area contributed by atoms with Crippen molar-refractivity contribution in [3.8, 4) is 0 Å². The third-order valence-electron chi connectivity index (χ3n) is 2.34. The average Bonchev–Trinajstić information content (AvgIpc) is 2.94. The molecule has 0 bridgehead atoms. The molecule has 0 unspecified atom stereocenters. The molecule has 124 valence electrons. The molecule has 8 N–H and O–H groups in total. The molecule has 2 rings (SSSR count). The Hall–Kier alpha value is -2.73. The van der Waals surface area contributed by atoms with Crippen LogP contribution in [0.15, 0.2) is 4.99 Å². The van der Waals surface area contributed by atoms with Gasteiger partial charge in [0, 0.05) is 13.0 Å². The standard InChI is InChI=1S/C9H12ClN11O.ClH/c10-5-7(14-2-1-3-18-20-21-19-3)16-6(11)4(15-5)8(22)17-9(12)13;/h1-2H2,(H3,11,14,16)(H4,12,13,17,22)(H,18,19,20,21);1H. The highest BCUT2D eigenvalue weighted by Gasteiger charge is 2.16. The number of nitrogens with zero attached hydrogens (tertiary/aromatic N) is 6. The predicted octanol–water partition coefficient (Wildman–Crippen LogP) is -1.28. The molecule has 0 fully saturated rings. The number of hydrogen-bond donors (Lipinski definition) is 5. The van der Waals surface area contributed by atoms with Gasteiger partial charge in [-0.15, -0.1) is 22.6 Å². The number of anilines is 2. The monoisotopic (exact) mass is 361 g/mol. The quantitative estimate of drug-likeness (QED) is 0.315. The van der Waals surface area contributed by atoms with Crippen LogP contribution in [0.4, 0.5) is 11.6 Å². The second kappa shape index (κ2) is 8.05. The van der Waals surface area contributed by atoms with Gasteiger partial charge in [-0.1, -0.05) is 16.8 Å². The van der Waals surface area contributed by atoms with E-state index in [0.717, 1.165) is 0 Å². The van der Waals surface area contributed by atoms with E-state index in [1.54, 1.807) is 0 Å². The maximum absolute atomic E-state index is 11.7. The van der Waals surface area contributed by atoms with Crippen molar-refractivity contribution in [2.75, 3.05) is 17.6 Å². The third-order valence-corrected chi connectivity index (χ3v) is 2.61. The first-order valence-electron chi connectivity index (χ1n) is 5.90. The number of rotatable bonds is 5. The summed E-state index contributed by atoms with van der Waals surface area (Å²) >= 11 is 5.94. The fourth-order valence-electron chi connectivity index (χ4n) is 1.45. The largest absolute Gasteiger partial charge is 0.382 e. The minimum absolute atomic E-state index is 0. The van der Waals surface area contributed by atoms with Crippen LogP contribution in [0.25, 0.3) is 0 Å². The highest BCUT2D eigenvalue weighted by Crippen LogP contribution is 2.20. The van der Waals surface area contributed by atoms with Gasteiger partial charge in [0.25, 0.3) is 0 Å². The molecule has 0 atom stereocenters. The highest BCUT2D eigenvalue weighted by atomic mass is 35.5. The van der Waals surface area contributed by atoms with E-state index < -0.39 is 11.9 Å². The smallest absolute Gasteiger partial charge is 0.302 e. The number of halogens is 2. The summed E-state index contributed by atoms with van der Waals surface area (Å²) in [5.41, 5.74) is 15.6. The molecule has 14 heteroatoms. The summed E-state index contributed by atoms with van der Waals surface area (Å²) < 4.78 is 0. The number of guanidine groups is 1. The van der Waals surface area contributed by atoms with Gasteiger partial charge < -0.3 is 22.5 Å². The first kappa shape index (κ1) is 18.3. The Balaban J connectivity index is 0.00000264. The van der Waals surface area contributed by atoms with Gasteiger partial charge in [0.1, 0.15) is 0 Å². The van der Waals surface area contributed by atoms with Crippen LogP contribution in [0.5, 0.6) is 0 Å². The summed E-state index contributed by atoms with van der Waals surface area (Å²) in [6.45, 7) is 0.411. The first-order chi connectivity index (χ1) is 10.5. The molecule has 23 heavy (non-hydrogen) atoms. The summed E-state index contributed by atoms with van der Waals surface area (Å²) in [6.07, 6.45) is 0.475. The molecule has 1 amide bonds. The lowest BCUT2D eigenvalue weighted by atomic mass is 10.3. The number of nitrogens with two attached hydrogens (primary N) is 3. The van der Waals surface area contributed by atoms with Gasteiger partial charge in [0.2, 0.25) is 0 Å². The Kier molecular flexibility index (Phi) is 6.41. The zero-order valence-corrected chi connectivity index (χ0v) is 13.1. The summed E-state index contributed by atoms with van der Waals surface area (Å²) in [5, 5.41) is 16.2. The molecule has 0 aliphatic carbocycles. The van der Waals surface area contributed by atoms with Crippen LogP contribution in [0.3, 0.4) is 0 Å². The van der Waals surface area contributed by atoms with Crippen LogP contribution in [-0.4, -0.2) is 49.0 Å². The van der Waals surface area contributed by atoms with Gasteiger partial charge >= 0.3 is 5.91 Å². The molecule has 0 aliphatic heterocycles. The maximum atomic E-state index is 11.7. The molecule has 2 aromatic heterocycles. The zero-order valence-electron chi connectivity index (χ0n) is 11.5. The van der Waals surface area contributed by atoms with Gasteiger partial charge in [0.05, 0.1) is 0 Å². The number of tetrazole rings is 1. The van der Waals surface area contributed by atoms with Crippen molar-refractivity contribution in [1.82, 2.24) is 30.6 Å². The van der Waals surface area contributed by atoms with Gasteiger partial charge in [0.15, 0.2) is 34.3 Å². The van der Waals surface area contributed by atoms with E-state index in [0.29, 0.717) is 18.8 Å². The van der Waals surface area contributed by atoms with Crippen LogP contribution < -0.4 is 22.5 Å². The molecule has 0 saturated heterocycles. The fourth-order valence-corrected chi connectivity index (χ4v) is 1.64. The predicted molar refractivity (Wildman–Crippen MR) is 85.2 cm³/mol. The zero-order chi connectivity index (χ0) is 16.1. The van der Waals surface area contributed by atoms with E-state index in [9.17, 15) is 4.79 Å². The molecule has 0 aliphatic rings. The van der Waals surface area contributed by atoms with E-state index >= 15 is 0 Å². The first-order valence-corrected chi connectivity index (χ1v) is 6.28. The van der Waals surface area contributed by atoms with E-state index in [4.69, 9.17) is 28.8 Å². The lowest BCUT2D eigenvalue weighted by molar-refractivity contribution is 0.0998. The number of nitrogen functional groups attached to an aromatic ring is 1. The number of nitrogens with one attached hydrogen (secondary N) is 2. The van der Waals surface area contributed by atoms with Crippen LogP contribution in [0.1, 0.15) is 16.3 Å². The van der Waals surface area contributed by atoms with Crippen LogP contribution >= 0.6 is 24.0 Å². The number of H-pyrrole nitrogens is 1. The number of carbonyl (C=O) groups is 1. The number of hydrogen-bond acceptors (Lipinski definition) is 8. The van der Waals surface area contributed by atoms with Crippen molar-refractivity contribution in [1.29, 1.82) is 0 Å². The molecule has 0 spiro atoms. The van der Waals surface area contributed by atoms with Crippen molar-refractivity contribution in [2.24, 2.45) is 16.5 Å². The highest BCUT2D eigenvalue weighted by molar-refractivity contribution is 6.32. The Bertz CT molecular complexity index is 698. The number of carbonyl (C=O) groups excluding carboxylic acids is 1. The fraction of sp³-hybridized carbons (Fsp3) is 0.222. The lowest BCUT2D eigenvalue weighted by Crippen LogP contribution is -2.25. The van der Waals surface area contributed by atoms with Gasteiger partial charge in [-0.2, -0.15) is 10.2 Å². The van der Waals surface area contributed by atoms with Gasteiger partial charge in [-0.25, -0.2) is 9.97 Å². The van der Waals surface area contributed by atoms with Crippen molar-refractivity contribution >= 4 is 47.5 Å². The third kappa shape index (κ3) is 4.89. The molecule has 2 heterocycles. The number of aromatic amines is 1. The molecule has 0 aromatic carbocycles. The maximum Gasteiger partial charge on any atom is 0.302 e. The SMILES string of the molecule is Cl.NC(N)=NC(=O)c1nc(Cl)c(NCCc2nn[nH]n2)nc1N. The van der Waals surface area contributed by atoms with Crippen LogP contribution in [0, 0.1) is 0 Å². The van der Waals surface area contributed by atoms with Gasteiger partial charge in [-0.05, 0) is 0 Å². The topological polar surface area (TPSA) is 200 Å². The molecule has 12 nitrogen and oxygen atoms in total. The van der Waals surface area contributed by atoms with Crippen molar-refractivity contribution in [3.05, 3.63) is 16.7 Å². The van der Waals surface area contributed by atoms with Crippen LogP contribution in [-0.2, 0) is 6.42 Å². The Morgan fingerprint density at radius 2 is 2.09 bits per heavy atom. The van der Waals surface area contributed by atoms with E-state index in [-0.39, 0.29) is 34.9 Å². The molecule has 2 aromatic rings. The number of aromatic nitrogens is 6. The molecule has 0 radical (unpaired) electrons. The lowest BCUT2D eigenvalue weighted by Gasteiger charge is -2.08. The molecule has 0 saturated carbocycles. The minimum Gasteiger partial charge on any atom is -0.382 e. The summed E-state index contributed by atoms with van der Waals surface area (Å²) in [7, 11) is 0. The van der Waals surface area contributed by atoms with Crippen molar-refractivity contribution in [3.63, 3.8) is 0 Å². The van der Waals surface area contributed by atoms with Crippen LogP contribution in [0.2, 0.25) is 5.15 Å². The average molecular weight is 362 g/mol. The van der Waals surface area contributed by atoms with Crippen molar-refractivity contribution < 1.29 is 4.79 Å². The van der Waals surface area contributed by atoms with Crippen molar-refractivity contribution in [2.45, 2.75) is 6.42 Å². The normalized spacial score (nSPS) is 9.78.